The predicted molar refractivity (Wildman–Crippen MR) is 68.8 cm³/mol. The molecule has 1 heterocycles. The summed E-state index contributed by atoms with van der Waals surface area (Å²) in [5.41, 5.74) is 5.91. The van der Waals surface area contributed by atoms with Crippen molar-refractivity contribution in [3.8, 4) is 0 Å². The van der Waals surface area contributed by atoms with E-state index in [1.54, 1.807) is 4.90 Å². The third kappa shape index (κ3) is 2.65. The van der Waals surface area contributed by atoms with Crippen LogP contribution in [-0.4, -0.2) is 22.9 Å². The molecule has 0 bridgehead atoms. The molecule has 3 nitrogen and oxygen atoms in total. The van der Waals surface area contributed by atoms with Crippen LogP contribution in [0.4, 0.5) is 13.2 Å². The quantitative estimate of drug-likeness (QED) is 0.908. The standard InChI is InChI=1S/C14H17F3N2O/c1-8(2)19-12(20)7-11(18)13(19)9-3-5-10(6-4-9)14(15,16)17/h3-6,8,11,13H,7,18H2,1-2H3. The average molecular weight is 286 g/mol. The van der Waals surface area contributed by atoms with Gasteiger partial charge in [0, 0.05) is 18.5 Å². The molecule has 1 saturated heterocycles. The van der Waals surface area contributed by atoms with E-state index in [4.69, 9.17) is 5.73 Å². The first-order valence-electron chi connectivity index (χ1n) is 6.45. The maximum absolute atomic E-state index is 12.6. The summed E-state index contributed by atoms with van der Waals surface area (Å²) in [6.07, 6.45) is -4.13. The molecule has 2 N–H and O–H groups in total. The third-order valence-electron chi connectivity index (χ3n) is 3.54. The third-order valence-corrected chi connectivity index (χ3v) is 3.54. The van der Waals surface area contributed by atoms with E-state index in [1.807, 2.05) is 13.8 Å². The topological polar surface area (TPSA) is 46.3 Å². The van der Waals surface area contributed by atoms with Crippen molar-refractivity contribution in [1.29, 1.82) is 0 Å². The second-order valence-electron chi connectivity index (χ2n) is 5.33. The average Bonchev–Trinajstić information content (AvgIpc) is 2.63. The molecule has 2 atom stereocenters. The van der Waals surface area contributed by atoms with E-state index in [1.165, 1.54) is 12.1 Å². The van der Waals surface area contributed by atoms with Crippen LogP contribution in [0.25, 0.3) is 0 Å². The van der Waals surface area contributed by atoms with Gasteiger partial charge in [-0.1, -0.05) is 12.1 Å². The normalized spacial score (nSPS) is 23.8. The van der Waals surface area contributed by atoms with Gasteiger partial charge >= 0.3 is 6.18 Å². The number of carbonyl (C=O) groups excluding carboxylic acids is 1. The summed E-state index contributed by atoms with van der Waals surface area (Å²) in [5.74, 6) is -0.0580. The van der Waals surface area contributed by atoms with Crippen LogP contribution in [0.3, 0.4) is 0 Å². The van der Waals surface area contributed by atoms with Gasteiger partial charge in [-0.3, -0.25) is 4.79 Å². The van der Waals surface area contributed by atoms with E-state index in [-0.39, 0.29) is 30.5 Å². The monoisotopic (exact) mass is 286 g/mol. The molecule has 0 aromatic heterocycles. The smallest absolute Gasteiger partial charge is 0.332 e. The highest BCUT2D eigenvalue weighted by molar-refractivity contribution is 5.80. The Kier molecular flexibility index (Phi) is 3.77. The zero-order valence-electron chi connectivity index (χ0n) is 11.3. The first-order valence-corrected chi connectivity index (χ1v) is 6.45. The van der Waals surface area contributed by atoms with Crippen LogP contribution in [0, 0.1) is 0 Å². The summed E-state index contributed by atoms with van der Waals surface area (Å²) in [7, 11) is 0. The zero-order valence-corrected chi connectivity index (χ0v) is 11.3. The van der Waals surface area contributed by atoms with Gasteiger partial charge in [-0.05, 0) is 31.5 Å². The van der Waals surface area contributed by atoms with E-state index in [0.29, 0.717) is 5.56 Å². The van der Waals surface area contributed by atoms with E-state index >= 15 is 0 Å². The number of benzene rings is 1. The van der Waals surface area contributed by atoms with Crippen LogP contribution >= 0.6 is 0 Å². The molecule has 1 aromatic rings. The minimum atomic E-state index is -4.36. The largest absolute Gasteiger partial charge is 0.416 e. The number of carbonyl (C=O) groups is 1. The van der Waals surface area contributed by atoms with Crippen molar-refractivity contribution in [3.63, 3.8) is 0 Å². The van der Waals surface area contributed by atoms with Crippen molar-refractivity contribution in [2.45, 2.75) is 44.6 Å². The van der Waals surface area contributed by atoms with Crippen molar-refractivity contribution in [2.75, 3.05) is 0 Å². The lowest BCUT2D eigenvalue weighted by Crippen LogP contribution is -2.37. The van der Waals surface area contributed by atoms with Gasteiger partial charge in [0.15, 0.2) is 0 Å². The van der Waals surface area contributed by atoms with Crippen LogP contribution < -0.4 is 5.73 Å². The summed E-state index contributed by atoms with van der Waals surface area (Å²) in [4.78, 5) is 13.5. The maximum atomic E-state index is 12.6. The number of likely N-dealkylation sites (tertiary alicyclic amines) is 1. The first-order chi connectivity index (χ1) is 9.21. The lowest BCUT2D eigenvalue weighted by molar-refractivity contribution is -0.137. The molecule has 2 unspecified atom stereocenters. The number of amides is 1. The van der Waals surface area contributed by atoms with Crippen LogP contribution in [0.2, 0.25) is 0 Å². The van der Waals surface area contributed by atoms with Crippen molar-refractivity contribution in [2.24, 2.45) is 5.73 Å². The molecule has 0 radical (unpaired) electrons. The Labute approximate surface area is 115 Å². The highest BCUT2D eigenvalue weighted by atomic mass is 19.4. The Hall–Kier alpha value is -1.56. The minimum absolute atomic E-state index is 0.0386. The van der Waals surface area contributed by atoms with Gasteiger partial charge in [0.1, 0.15) is 0 Å². The van der Waals surface area contributed by atoms with Gasteiger partial charge < -0.3 is 10.6 Å². The molecule has 0 spiro atoms. The second kappa shape index (κ2) is 5.09. The molecule has 2 rings (SSSR count). The van der Waals surface area contributed by atoms with Crippen LogP contribution in [0.15, 0.2) is 24.3 Å². The Bertz CT molecular complexity index is 496. The Morgan fingerprint density at radius 3 is 2.25 bits per heavy atom. The summed E-state index contributed by atoms with van der Waals surface area (Å²) >= 11 is 0. The lowest BCUT2D eigenvalue weighted by Gasteiger charge is -2.30. The summed E-state index contributed by atoms with van der Waals surface area (Å²) in [6, 6.07) is 4.09. The molecular formula is C14H17F3N2O. The first kappa shape index (κ1) is 14.8. The predicted octanol–water partition coefficient (Wildman–Crippen LogP) is 2.71. The van der Waals surface area contributed by atoms with Gasteiger partial charge in [-0.15, -0.1) is 0 Å². The number of nitrogens with two attached hydrogens (primary N) is 1. The number of hydrogen-bond acceptors (Lipinski definition) is 2. The summed E-state index contributed by atoms with van der Waals surface area (Å²) in [6.45, 7) is 3.74. The van der Waals surface area contributed by atoms with Gasteiger partial charge in [0.05, 0.1) is 11.6 Å². The van der Waals surface area contributed by atoms with Crippen molar-refractivity contribution >= 4 is 5.91 Å². The molecular weight excluding hydrogens is 269 g/mol. The van der Waals surface area contributed by atoms with E-state index < -0.39 is 11.7 Å². The molecule has 110 valence electrons. The molecule has 0 aliphatic carbocycles. The van der Waals surface area contributed by atoms with Crippen LogP contribution in [0.1, 0.15) is 37.4 Å². The van der Waals surface area contributed by atoms with Crippen molar-refractivity contribution in [3.05, 3.63) is 35.4 Å². The zero-order chi connectivity index (χ0) is 15.1. The maximum Gasteiger partial charge on any atom is 0.416 e. The molecule has 6 heteroatoms. The molecule has 1 aliphatic heterocycles. The number of rotatable bonds is 2. The Morgan fingerprint density at radius 1 is 1.25 bits per heavy atom. The molecule has 20 heavy (non-hydrogen) atoms. The number of nitrogens with zero attached hydrogens (tertiary/aromatic N) is 1. The molecule has 0 saturated carbocycles. The SMILES string of the molecule is CC(C)N1C(=O)CC(N)C1c1ccc(C(F)(F)F)cc1. The Morgan fingerprint density at radius 2 is 1.80 bits per heavy atom. The Balaban J connectivity index is 2.32. The van der Waals surface area contributed by atoms with Gasteiger partial charge in [0.25, 0.3) is 0 Å². The molecule has 1 amide bonds. The molecule has 1 fully saturated rings. The second-order valence-corrected chi connectivity index (χ2v) is 5.33. The van der Waals surface area contributed by atoms with Gasteiger partial charge in [-0.25, -0.2) is 0 Å². The van der Waals surface area contributed by atoms with E-state index in [9.17, 15) is 18.0 Å². The number of alkyl halides is 3. The summed E-state index contributed by atoms with van der Waals surface area (Å²) < 4.78 is 37.7. The fourth-order valence-electron chi connectivity index (χ4n) is 2.67. The van der Waals surface area contributed by atoms with E-state index in [0.717, 1.165) is 12.1 Å². The number of hydrogen-bond donors (Lipinski definition) is 1. The molecule has 1 aliphatic rings. The minimum Gasteiger partial charge on any atom is -0.332 e. The van der Waals surface area contributed by atoms with Gasteiger partial charge in [0.2, 0.25) is 5.91 Å². The highest BCUT2D eigenvalue weighted by Gasteiger charge is 2.40. The van der Waals surface area contributed by atoms with E-state index in [2.05, 4.69) is 0 Å². The van der Waals surface area contributed by atoms with Crippen molar-refractivity contribution in [1.82, 2.24) is 4.90 Å². The van der Waals surface area contributed by atoms with Crippen LogP contribution in [0.5, 0.6) is 0 Å². The van der Waals surface area contributed by atoms with Crippen molar-refractivity contribution < 1.29 is 18.0 Å². The molecule has 1 aromatic carbocycles. The van der Waals surface area contributed by atoms with Crippen LogP contribution in [-0.2, 0) is 11.0 Å². The fraction of sp³-hybridized carbons (Fsp3) is 0.500. The summed E-state index contributed by atoms with van der Waals surface area (Å²) in [5, 5.41) is 0. The fourth-order valence-corrected chi connectivity index (χ4v) is 2.67. The van der Waals surface area contributed by atoms with Gasteiger partial charge in [-0.2, -0.15) is 13.2 Å². The lowest BCUT2D eigenvalue weighted by atomic mass is 9.99. The highest BCUT2D eigenvalue weighted by Crippen LogP contribution is 2.35. The number of halogens is 3.